The third-order valence-corrected chi connectivity index (χ3v) is 4.77. The van der Waals surface area contributed by atoms with Crippen LogP contribution in [-0.2, 0) is 6.54 Å². The first kappa shape index (κ1) is 14.1. The van der Waals surface area contributed by atoms with Crippen molar-refractivity contribution in [3.63, 3.8) is 0 Å². The van der Waals surface area contributed by atoms with Gasteiger partial charge in [0.15, 0.2) is 0 Å². The minimum atomic E-state index is -0.134. The van der Waals surface area contributed by atoms with Crippen LogP contribution in [0.3, 0.4) is 0 Å². The van der Waals surface area contributed by atoms with Crippen molar-refractivity contribution in [2.75, 3.05) is 12.3 Å². The van der Waals surface area contributed by atoms with Crippen molar-refractivity contribution in [3.8, 4) is 0 Å². The summed E-state index contributed by atoms with van der Waals surface area (Å²) in [6, 6.07) is 5.82. The molecule has 0 aliphatic heterocycles. The maximum absolute atomic E-state index is 12.2. The average Bonchev–Trinajstić information content (AvgIpc) is 3.07. The van der Waals surface area contributed by atoms with Crippen molar-refractivity contribution in [3.05, 3.63) is 46.3 Å². The molecule has 0 saturated heterocycles. The highest BCUT2D eigenvalue weighted by molar-refractivity contribution is 9.10. The molecule has 0 atom stereocenters. The van der Waals surface area contributed by atoms with E-state index in [0.717, 1.165) is 14.6 Å². The Morgan fingerprint density at radius 1 is 1.48 bits per heavy atom. The normalized spacial score (nSPS) is 10.9. The molecular formula is C14H13BrN4OS. The molecule has 3 rings (SSSR count). The summed E-state index contributed by atoms with van der Waals surface area (Å²) in [5, 5.41) is 3.80. The Balaban J connectivity index is 1.73. The number of nitrogens with two attached hydrogens (primary N) is 1. The molecule has 7 heteroatoms. The zero-order valence-electron chi connectivity index (χ0n) is 11.0. The fourth-order valence-corrected chi connectivity index (χ4v) is 3.65. The Bertz CT molecular complexity index is 782. The quantitative estimate of drug-likeness (QED) is 0.747. The van der Waals surface area contributed by atoms with Crippen LogP contribution in [0.25, 0.3) is 10.1 Å². The van der Waals surface area contributed by atoms with Crippen molar-refractivity contribution in [2.24, 2.45) is 0 Å². The predicted octanol–water partition coefficient (Wildman–Crippen LogP) is 2.87. The second kappa shape index (κ2) is 5.87. The number of anilines is 1. The van der Waals surface area contributed by atoms with Gasteiger partial charge in [-0.15, -0.1) is 11.3 Å². The van der Waals surface area contributed by atoms with Gasteiger partial charge in [-0.05, 0) is 12.1 Å². The Hall–Kier alpha value is -1.86. The van der Waals surface area contributed by atoms with Crippen LogP contribution in [0.4, 0.5) is 5.69 Å². The smallest absolute Gasteiger partial charge is 0.263 e. The number of halogens is 1. The standard InChI is InChI=1S/C14H13BrN4OS/c15-9-1-2-10-11(7-9)21-13(12(10)16)14(20)18-4-6-19-5-3-17-8-19/h1-3,5,7-8H,4,6,16H2,(H,18,20). The van der Waals surface area contributed by atoms with E-state index in [4.69, 9.17) is 5.73 Å². The lowest BCUT2D eigenvalue weighted by atomic mass is 10.2. The Morgan fingerprint density at radius 2 is 2.33 bits per heavy atom. The SMILES string of the molecule is Nc1c(C(=O)NCCn2ccnc2)sc2cc(Br)ccc12. The number of carbonyl (C=O) groups excluding carboxylic acids is 1. The molecule has 21 heavy (non-hydrogen) atoms. The number of nitrogen functional groups attached to an aromatic ring is 1. The van der Waals surface area contributed by atoms with Crippen LogP contribution >= 0.6 is 27.3 Å². The van der Waals surface area contributed by atoms with Gasteiger partial charge in [0.05, 0.1) is 12.0 Å². The van der Waals surface area contributed by atoms with E-state index in [1.54, 1.807) is 12.5 Å². The predicted molar refractivity (Wildman–Crippen MR) is 88.5 cm³/mol. The third-order valence-electron chi connectivity index (χ3n) is 3.11. The lowest BCUT2D eigenvalue weighted by Gasteiger charge is -2.05. The third kappa shape index (κ3) is 2.93. The number of aromatic nitrogens is 2. The van der Waals surface area contributed by atoms with Gasteiger partial charge in [0.25, 0.3) is 5.91 Å². The van der Waals surface area contributed by atoms with E-state index in [1.807, 2.05) is 29.0 Å². The molecule has 0 saturated carbocycles. The number of fused-ring (bicyclic) bond motifs is 1. The topological polar surface area (TPSA) is 72.9 Å². The Labute approximate surface area is 133 Å². The monoisotopic (exact) mass is 364 g/mol. The molecule has 0 bridgehead atoms. The number of hydrogen-bond acceptors (Lipinski definition) is 4. The van der Waals surface area contributed by atoms with Gasteiger partial charge in [-0.3, -0.25) is 4.79 Å². The van der Waals surface area contributed by atoms with Gasteiger partial charge in [-0.2, -0.15) is 0 Å². The number of rotatable bonds is 4. The molecule has 108 valence electrons. The lowest BCUT2D eigenvalue weighted by Crippen LogP contribution is -2.26. The lowest BCUT2D eigenvalue weighted by molar-refractivity contribution is 0.0957. The molecule has 0 radical (unpaired) electrons. The van der Waals surface area contributed by atoms with E-state index in [1.165, 1.54) is 11.3 Å². The number of nitrogens with one attached hydrogen (secondary N) is 1. The zero-order valence-corrected chi connectivity index (χ0v) is 13.4. The number of nitrogens with zero attached hydrogens (tertiary/aromatic N) is 2. The molecule has 0 unspecified atom stereocenters. The molecule has 5 nitrogen and oxygen atoms in total. The van der Waals surface area contributed by atoms with Gasteiger partial charge in [0, 0.05) is 40.0 Å². The van der Waals surface area contributed by atoms with Crippen molar-refractivity contribution in [1.29, 1.82) is 0 Å². The van der Waals surface area contributed by atoms with Crippen molar-refractivity contribution < 1.29 is 4.79 Å². The number of benzene rings is 1. The van der Waals surface area contributed by atoms with Gasteiger partial charge >= 0.3 is 0 Å². The fraction of sp³-hybridized carbons (Fsp3) is 0.143. The maximum Gasteiger partial charge on any atom is 0.263 e. The zero-order chi connectivity index (χ0) is 14.8. The van der Waals surface area contributed by atoms with Crippen LogP contribution < -0.4 is 11.1 Å². The van der Waals surface area contributed by atoms with Crippen molar-refractivity contribution >= 4 is 48.9 Å². The Kier molecular flexibility index (Phi) is 3.94. The summed E-state index contributed by atoms with van der Waals surface area (Å²) in [7, 11) is 0. The summed E-state index contributed by atoms with van der Waals surface area (Å²) in [5.74, 6) is -0.134. The van der Waals surface area contributed by atoms with Crippen LogP contribution in [0.5, 0.6) is 0 Å². The van der Waals surface area contributed by atoms with Gasteiger partial charge < -0.3 is 15.6 Å². The summed E-state index contributed by atoms with van der Waals surface area (Å²) in [5.41, 5.74) is 6.62. The number of amides is 1. The minimum absolute atomic E-state index is 0.134. The van der Waals surface area contributed by atoms with Gasteiger partial charge in [-0.1, -0.05) is 22.0 Å². The molecular weight excluding hydrogens is 352 g/mol. The van der Waals surface area contributed by atoms with Gasteiger partial charge in [0.1, 0.15) is 4.88 Å². The molecule has 3 N–H and O–H groups in total. The summed E-state index contributed by atoms with van der Waals surface area (Å²) >= 11 is 4.83. The van der Waals surface area contributed by atoms with Gasteiger partial charge in [0.2, 0.25) is 0 Å². The summed E-state index contributed by atoms with van der Waals surface area (Å²) in [4.78, 5) is 16.8. The number of hydrogen-bond donors (Lipinski definition) is 2. The molecule has 0 aliphatic carbocycles. The minimum Gasteiger partial charge on any atom is -0.397 e. The second-order valence-electron chi connectivity index (χ2n) is 4.54. The average molecular weight is 365 g/mol. The largest absolute Gasteiger partial charge is 0.397 e. The number of thiophene rings is 1. The molecule has 2 heterocycles. The van der Waals surface area contributed by atoms with E-state index in [9.17, 15) is 4.79 Å². The molecule has 3 aromatic rings. The van der Waals surface area contributed by atoms with Crippen LogP contribution in [0.2, 0.25) is 0 Å². The molecule has 0 spiro atoms. The van der Waals surface area contributed by atoms with Crippen LogP contribution in [0.15, 0.2) is 41.4 Å². The van der Waals surface area contributed by atoms with E-state index in [-0.39, 0.29) is 5.91 Å². The highest BCUT2D eigenvalue weighted by atomic mass is 79.9. The van der Waals surface area contributed by atoms with Crippen molar-refractivity contribution in [2.45, 2.75) is 6.54 Å². The fourth-order valence-electron chi connectivity index (χ4n) is 2.06. The molecule has 0 fully saturated rings. The first-order valence-electron chi connectivity index (χ1n) is 6.36. The summed E-state index contributed by atoms with van der Waals surface area (Å²) in [6.07, 6.45) is 5.29. The Morgan fingerprint density at radius 3 is 3.10 bits per heavy atom. The molecule has 2 aromatic heterocycles. The molecule has 1 aromatic carbocycles. The molecule has 0 aliphatic rings. The van der Waals surface area contributed by atoms with E-state index >= 15 is 0 Å². The van der Waals surface area contributed by atoms with Crippen molar-refractivity contribution in [1.82, 2.24) is 14.9 Å². The summed E-state index contributed by atoms with van der Waals surface area (Å²) < 4.78 is 3.89. The van der Waals surface area contributed by atoms with E-state index in [0.29, 0.717) is 23.7 Å². The first-order valence-corrected chi connectivity index (χ1v) is 7.97. The maximum atomic E-state index is 12.2. The summed E-state index contributed by atoms with van der Waals surface area (Å²) in [6.45, 7) is 1.22. The second-order valence-corrected chi connectivity index (χ2v) is 6.51. The van der Waals surface area contributed by atoms with Gasteiger partial charge in [-0.25, -0.2) is 4.98 Å². The first-order chi connectivity index (χ1) is 10.1. The highest BCUT2D eigenvalue weighted by Crippen LogP contribution is 2.35. The van der Waals surface area contributed by atoms with E-state index in [2.05, 4.69) is 26.2 Å². The van der Waals surface area contributed by atoms with Crippen LogP contribution in [-0.4, -0.2) is 22.0 Å². The van der Waals surface area contributed by atoms with Crippen LogP contribution in [0.1, 0.15) is 9.67 Å². The van der Waals surface area contributed by atoms with Crippen LogP contribution in [0, 0.1) is 0 Å². The molecule has 1 amide bonds. The number of carbonyl (C=O) groups is 1. The highest BCUT2D eigenvalue weighted by Gasteiger charge is 2.16. The number of imidazole rings is 1. The van der Waals surface area contributed by atoms with E-state index < -0.39 is 0 Å².